The van der Waals surface area contributed by atoms with Crippen LogP contribution in [0.5, 0.6) is 0 Å². The minimum atomic E-state index is -2.80. The van der Waals surface area contributed by atoms with Gasteiger partial charge in [0, 0.05) is 13.2 Å². The summed E-state index contributed by atoms with van der Waals surface area (Å²) in [4.78, 5) is 22.6. The van der Waals surface area contributed by atoms with Crippen molar-refractivity contribution in [3.05, 3.63) is 11.9 Å². The second kappa shape index (κ2) is 4.94. The number of carboxylic acids is 1. The molecular formula is C11H13F2N3O3. The van der Waals surface area contributed by atoms with Gasteiger partial charge in [-0.1, -0.05) is 0 Å². The van der Waals surface area contributed by atoms with E-state index < -0.39 is 35.8 Å². The summed E-state index contributed by atoms with van der Waals surface area (Å²) in [5.41, 5.74) is -0.583. The Hall–Kier alpha value is -1.99. The smallest absolute Gasteiger partial charge is 0.307 e. The van der Waals surface area contributed by atoms with Gasteiger partial charge in [0.2, 0.25) is 5.91 Å². The summed E-state index contributed by atoms with van der Waals surface area (Å²) in [6.45, 7) is 0. The molecule has 0 spiro atoms. The number of amides is 1. The molecule has 1 aliphatic carbocycles. The number of hydrogen-bond acceptors (Lipinski definition) is 3. The van der Waals surface area contributed by atoms with Gasteiger partial charge in [-0.2, -0.15) is 5.10 Å². The third-order valence-electron chi connectivity index (χ3n) is 3.25. The number of alkyl halides is 2. The van der Waals surface area contributed by atoms with E-state index in [-0.39, 0.29) is 5.69 Å². The molecule has 0 aromatic carbocycles. The highest BCUT2D eigenvalue weighted by Crippen LogP contribution is 2.36. The molecule has 0 radical (unpaired) electrons. The highest BCUT2D eigenvalue weighted by Gasteiger charge is 2.41. The van der Waals surface area contributed by atoms with Gasteiger partial charge in [0.25, 0.3) is 6.43 Å². The Morgan fingerprint density at radius 2 is 2.11 bits per heavy atom. The van der Waals surface area contributed by atoms with E-state index in [2.05, 4.69) is 10.4 Å². The molecule has 0 bridgehead atoms. The SMILES string of the molecule is Cn1cc(NC(=O)[C@@H]2CC[C@@H]2C(=O)O)c(C(F)F)n1. The Bertz CT molecular complexity index is 515. The molecule has 1 fully saturated rings. The number of hydrogen-bond donors (Lipinski definition) is 2. The summed E-state index contributed by atoms with van der Waals surface area (Å²) < 4.78 is 26.5. The van der Waals surface area contributed by atoms with Crippen molar-refractivity contribution in [2.24, 2.45) is 18.9 Å². The molecule has 1 amide bonds. The number of carbonyl (C=O) groups is 2. The van der Waals surface area contributed by atoms with Crippen LogP contribution >= 0.6 is 0 Å². The molecule has 1 aliphatic rings. The van der Waals surface area contributed by atoms with E-state index >= 15 is 0 Å². The monoisotopic (exact) mass is 273 g/mol. The minimum absolute atomic E-state index is 0.0708. The lowest BCUT2D eigenvalue weighted by atomic mass is 9.73. The molecule has 1 heterocycles. The van der Waals surface area contributed by atoms with E-state index in [0.717, 1.165) is 0 Å². The Kier molecular flexibility index (Phi) is 3.50. The molecule has 0 saturated heterocycles. The Morgan fingerprint density at radius 3 is 2.58 bits per heavy atom. The zero-order valence-corrected chi connectivity index (χ0v) is 10.1. The van der Waals surface area contributed by atoms with Gasteiger partial charge in [0.15, 0.2) is 5.69 Å². The maximum absolute atomic E-state index is 12.7. The Morgan fingerprint density at radius 1 is 1.47 bits per heavy atom. The van der Waals surface area contributed by atoms with Crippen LogP contribution in [0.15, 0.2) is 6.20 Å². The first-order valence-corrected chi connectivity index (χ1v) is 5.75. The number of nitrogens with one attached hydrogen (secondary N) is 1. The molecular weight excluding hydrogens is 260 g/mol. The van der Waals surface area contributed by atoms with Crippen molar-refractivity contribution in [2.45, 2.75) is 19.3 Å². The fourth-order valence-corrected chi connectivity index (χ4v) is 2.10. The number of carbonyl (C=O) groups excluding carboxylic acids is 1. The third-order valence-corrected chi connectivity index (χ3v) is 3.25. The van der Waals surface area contributed by atoms with E-state index in [4.69, 9.17) is 5.11 Å². The number of aromatic nitrogens is 2. The van der Waals surface area contributed by atoms with E-state index in [9.17, 15) is 18.4 Å². The number of halogens is 2. The molecule has 0 unspecified atom stereocenters. The number of aliphatic carboxylic acids is 1. The quantitative estimate of drug-likeness (QED) is 0.868. The van der Waals surface area contributed by atoms with Gasteiger partial charge in [-0.25, -0.2) is 8.78 Å². The molecule has 1 saturated carbocycles. The molecule has 1 aromatic rings. The predicted molar refractivity (Wildman–Crippen MR) is 60.6 cm³/mol. The van der Waals surface area contributed by atoms with Crippen molar-refractivity contribution in [3.63, 3.8) is 0 Å². The zero-order chi connectivity index (χ0) is 14.2. The molecule has 1 aromatic heterocycles. The molecule has 2 atom stereocenters. The first kappa shape index (κ1) is 13.4. The van der Waals surface area contributed by atoms with Crippen LogP contribution in [0.25, 0.3) is 0 Å². The van der Waals surface area contributed by atoms with Crippen LogP contribution in [-0.4, -0.2) is 26.8 Å². The molecule has 2 rings (SSSR count). The second-order valence-electron chi connectivity index (χ2n) is 4.52. The number of rotatable bonds is 4. The highest BCUT2D eigenvalue weighted by atomic mass is 19.3. The number of carboxylic acid groups (broad SMARTS) is 1. The Labute approximate surface area is 107 Å². The van der Waals surface area contributed by atoms with Gasteiger partial charge in [0.1, 0.15) is 0 Å². The second-order valence-corrected chi connectivity index (χ2v) is 4.52. The first-order chi connectivity index (χ1) is 8.90. The molecule has 8 heteroatoms. The molecule has 19 heavy (non-hydrogen) atoms. The number of nitrogens with zero attached hydrogens (tertiary/aromatic N) is 2. The largest absolute Gasteiger partial charge is 0.481 e. The highest BCUT2D eigenvalue weighted by molar-refractivity contribution is 5.96. The van der Waals surface area contributed by atoms with E-state index in [1.54, 1.807) is 0 Å². The summed E-state index contributed by atoms with van der Waals surface area (Å²) in [6, 6.07) is 0. The van der Waals surface area contributed by atoms with Gasteiger partial charge in [-0.05, 0) is 12.8 Å². The average molecular weight is 273 g/mol. The van der Waals surface area contributed by atoms with Gasteiger partial charge in [0.05, 0.1) is 17.5 Å². The topological polar surface area (TPSA) is 84.2 Å². The van der Waals surface area contributed by atoms with Crippen molar-refractivity contribution < 1.29 is 23.5 Å². The summed E-state index contributed by atoms with van der Waals surface area (Å²) in [5.74, 6) is -2.98. The first-order valence-electron chi connectivity index (χ1n) is 5.75. The van der Waals surface area contributed by atoms with Gasteiger partial charge >= 0.3 is 5.97 Å². The third kappa shape index (κ3) is 2.56. The molecule has 2 N–H and O–H groups in total. The predicted octanol–water partition coefficient (Wildman–Crippen LogP) is 1.41. The van der Waals surface area contributed by atoms with E-state index in [1.807, 2.05) is 0 Å². The van der Waals surface area contributed by atoms with Crippen molar-refractivity contribution in [3.8, 4) is 0 Å². The fraction of sp³-hybridized carbons (Fsp3) is 0.545. The summed E-state index contributed by atoms with van der Waals surface area (Å²) in [7, 11) is 1.46. The summed E-state index contributed by atoms with van der Waals surface area (Å²) in [6.07, 6.45) is -0.642. The van der Waals surface area contributed by atoms with Crippen LogP contribution in [0.3, 0.4) is 0 Å². The van der Waals surface area contributed by atoms with Crippen molar-refractivity contribution >= 4 is 17.6 Å². The molecule has 104 valence electrons. The van der Waals surface area contributed by atoms with E-state index in [1.165, 1.54) is 17.9 Å². The van der Waals surface area contributed by atoms with Crippen molar-refractivity contribution in [1.29, 1.82) is 0 Å². The summed E-state index contributed by atoms with van der Waals surface area (Å²) >= 11 is 0. The van der Waals surface area contributed by atoms with E-state index in [0.29, 0.717) is 12.8 Å². The van der Waals surface area contributed by atoms with Gasteiger partial charge in [-0.3, -0.25) is 14.3 Å². The minimum Gasteiger partial charge on any atom is -0.481 e. The maximum Gasteiger partial charge on any atom is 0.307 e. The van der Waals surface area contributed by atoms with Crippen LogP contribution in [-0.2, 0) is 16.6 Å². The van der Waals surface area contributed by atoms with Crippen LogP contribution in [0.4, 0.5) is 14.5 Å². The lowest BCUT2D eigenvalue weighted by Crippen LogP contribution is -2.41. The Balaban J connectivity index is 2.09. The lowest BCUT2D eigenvalue weighted by molar-refractivity contribution is -0.151. The standard InChI is InChI=1S/C11H13F2N3O3/c1-16-4-7(8(15-16)9(12)13)14-10(17)5-2-3-6(5)11(18)19/h4-6,9H,2-3H2,1H3,(H,14,17)(H,18,19)/t5-,6+/m1/s1. The van der Waals surface area contributed by atoms with Crippen LogP contribution in [0, 0.1) is 11.8 Å². The lowest BCUT2D eigenvalue weighted by Gasteiger charge is -2.31. The maximum atomic E-state index is 12.7. The number of aryl methyl sites for hydroxylation is 1. The normalized spacial score (nSPS) is 22.1. The van der Waals surface area contributed by atoms with Crippen molar-refractivity contribution in [1.82, 2.24) is 9.78 Å². The fourth-order valence-electron chi connectivity index (χ4n) is 2.10. The molecule has 0 aliphatic heterocycles. The number of anilines is 1. The van der Waals surface area contributed by atoms with Crippen LogP contribution in [0.2, 0.25) is 0 Å². The summed E-state index contributed by atoms with van der Waals surface area (Å²) in [5, 5.41) is 14.7. The van der Waals surface area contributed by atoms with Crippen LogP contribution < -0.4 is 5.32 Å². The van der Waals surface area contributed by atoms with Crippen LogP contribution in [0.1, 0.15) is 25.0 Å². The average Bonchev–Trinajstić information content (AvgIpc) is 2.56. The van der Waals surface area contributed by atoms with Crippen molar-refractivity contribution in [2.75, 3.05) is 5.32 Å². The van der Waals surface area contributed by atoms with Gasteiger partial charge < -0.3 is 10.4 Å². The molecule has 6 nitrogen and oxygen atoms in total. The van der Waals surface area contributed by atoms with Gasteiger partial charge in [-0.15, -0.1) is 0 Å². The zero-order valence-electron chi connectivity index (χ0n) is 10.1.